The third kappa shape index (κ3) is 7.09. The van der Waals surface area contributed by atoms with Gasteiger partial charge in [-0.2, -0.15) is 0 Å². The molecule has 5 nitrogen and oxygen atoms in total. The molecule has 1 amide bonds. The summed E-state index contributed by atoms with van der Waals surface area (Å²) in [5.41, 5.74) is 2.17. The van der Waals surface area contributed by atoms with Crippen LogP contribution in [0, 0.1) is 0 Å². The largest absolute Gasteiger partial charge is 0.493 e. The van der Waals surface area contributed by atoms with Crippen molar-refractivity contribution in [2.75, 3.05) is 20.3 Å². The monoisotopic (exact) mass is 397 g/mol. The lowest BCUT2D eigenvalue weighted by Crippen LogP contribution is -2.29. The number of benzene rings is 2. The molecule has 0 spiro atoms. The molecule has 0 radical (unpaired) electrons. The van der Waals surface area contributed by atoms with Crippen LogP contribution >= 0.6 is 0 Å². The first-order valence-corrected chi connectivity index (χ1v) is 10.5. The van der Waals surface area contributed by atoms with Crippen LogP contribution in [0.3, 0.4) is 0 Å². The topological polar surface area (TPSA) is 56.8 Å². The van der Waals surface area contributed by atoms with Gasteiger partial charge in [-0.15, -0.1) is 0 Å². The van der Waals surface area contributed by atoms with Gasteiger partial charge in [0.25, 0.3) is 0 Å². The Labute approximate surface area is 173 Å². The van der Waals surface area contributed by atoms with Crippen molar-refractivity contribution in [3.8, 4) is 11.5 Å². The van der Waals surface area contributed by atoms with E-state index >= 15 is 0 Å². The van der Waals surface area contributed by atoms with Crippen LogP contribution in [-0.4, -0.2) is 32.3 Å². The number of amides is 1. The first-order valence-electron chi connectivity index (χ1n) is 10.5. The normalized spacial score (nSPS) is 14.4. The van der Waals surface area contributed by atoms with E-state index in [2.05, 4.69) is 5.32 Å². The Bertz CT molecular complexity index is 757. The zero-order valence-electron chi connectivity index (χ0n) is 17.2. The van der Waals surface area contributed by atoms with Gasteiger partial charge in [0, 0.05) is 6.54 Å². The van der Waals surface area contributed by atoms with E-state index < -0.39 is 0 Å². The van der Waals surface area contributed by atoms with Crippen LogP contribution < -0.4 is 14.8 Å². The molecule has 0 saturated heterocycles. The van der Waals surface area contributed by atoms with Gasteiger partial charge >= 0.3 is 0 Å². The van der Waals surface area contributed by atoms with Gasteiger partial charge in [0.1, 0.15) is 6.61 Å². The number of rotatable bonds is 10. The van der Waals surface area contributed by atoms with Gasteiger partial charge in [0.15, 0.2) is 11.5 Å². The predicted molar refractivity (Wildman–Crippen MR) is 113 cm³/mol. The molecule has 1 fully saturated rings. The molecule has 0 atom stereocenters. The summed E-state index contributed by atoms with van der Waals surface area (Å²) in [5, 5.41) is 2.91. The van der Waals surface area contributed by atoms with E-state index in [4.69, 9.17) is 14.2 Å². The quantitative estimate of drug-likeness (QED) is 0.650. The Morgan fingerprint density at radius 3 is 2.55 bits per heavy atom. The third-order valence-corrected chi connectivity index (χ3v) is 5.15. The summed E-state index contributed by atoms with van der Waals surface area (Å²) in [6.07, 6.45) is 6.96. The van der Waals surface area contributed by atoms with Crippen molar-refractivity contribution in [3.05, 3.63) is 59.7 Å². The third-order valence-electron chi connectivity index (χ3n) is 5.15. The summed E-state index contributed by atoms with van der Waals surface area (Å²) >= 11 is 0. The van der Waals surface area contributed by atoms with Gasteiger partial charge in [-0.3, -0.25) is 4.79 Å². The lowest BCUT2D eigenvalue weighted by Gasteiger charge is -2.24. The maximum absolute atomic E-state index is 12.0. The van der Waals surface area contributed by atoms with E-state index in [9.17, 15) is 4.79 Å². The molecule has 1 saturated carbocycles. The van der Waals surface area contributed by atoms with Crippen molar-refractivity contribution in [1.29, 1.82) is 0 Å². The number of ether oxygens (including phenoxy) is 3. The van der Waals surface area contributed by atoms with Crippen LogP contribution in [0.1, 0.15) is 43.2 Å². The van der Waals surface area contributed by atoms with Gasteiger partial charge < -0.3 is 19.5 Å². The SMILES string of the molecule is COc1ccc(CCNC(=O)COCc2ccccc2)cc1OC1CCCCC1. The van der Waals surface area contributed by atoms with Gasteiger partial charge in [-0.05, 0) is 55.4 Å². The summed E-state index contributed by atoms with van der Waals surface area (Å²) in [4.78, 5) is 12.0. The van der Waals surface area contributed by atoms with Crippen LogP contribution in [0.4, 0.5) is 0 Å². The first-order chi connectivity index (χ1) is 14.2. The molecular formula is C24H31NO4. The average Bonchev–Trinajstić information content (AvgIpc) is 2.75. The number of carbonyl (C=O) groups excluding carboxylic acids is 1. The minimum Gasteiger partial charge on any atom is -0.493 e. The van der Waals surface area contributed by atoms with E-state index in [1.807, 2.05) is 48.5 Å². The van der Waals surface area contributed by atoms with E-state index in [0.29, 0.717) is 13.2 Å². The molecule has 156 valence electrons. The summed E-state index contributed by atoms with van der Waals surface area (Å²) in [6.45, 7) is 1.06. The maximum atomic E-state index is 12.0. The summed E-state index contributed by atoms with van der Waals surface area (Å²) in [7, 11) is 1.67. The fourth-order valence-corrected chi connectivity index (χ4v) is 3.56. The smallest absolute Gasteiger partial charge is 0.246 e. The van der Waals surface area contributed by atoms with Crippen molar-refractivity contribution in [2.24, 2.45) is 0 Å². The first kappa shape index (κ1) is 21.2. The van der Waals surface area contributed by atoms with Gasteiger partial charge in [-0.1, -0.05) is 42.8 Å². The van der Waals surface area contributed by atoms with E-state index in [1.165, 1.54) is 19.3 Å². The summed E-state index contributed by atoms with van der Waals surface area (Å²) in [5.74, 6) is 1.46. The van der Waals surface area contributed by atoms with Crippen molar-refractivity contribution in [3.63, 3.8) is 0 Å². The molecule has 3 rings (SSSR count). The zero-order valence-corrected chi connectivity index (χ0v) is 17.2. The minimum atomic E-state index is -0.104. The molecule has 0 aliphatic heterocycles. The number of methoxy groups -OCH3 is 1. The van der Waals surface area contributed by atoms with Crippen LogP contribution in [-0.2, 0) is 22.6 Å². The standard InChI is InChI=1S/C24H31NO4/c1-27-22-13-12-19(16-23(22)29-21-10-6-3-7-11-21)14-15-25-24(26)18-28-17-20-8-4-2-5-9-20/h2,4-5,8-9,12-13,16,21H,3,6-7,10-11,14-15,17-18H2,1H3,(H,25,26). The number of hydrogen-bond acceptors (Lipinski definition) is 4. The Morgan fingerprint density at radius 1 is 1.00 bits per heavy atom. The van der Waals surface area contributed by atoms with Crippen molar-refractivity contribution in [1.82, 2.24) is 5.32 Å². The molecule has 5 heteroatoms. The Kier molecular flexibility index (Phi) is 8.38. The molecule has 2 aromatic rings. The van der Waals surface area contributed by atoms with Crippen LogP contribution in [0.5, 0.6) is 11.5 Å². The van der Waals surface area contributed by atoms with Crippen LogP contribution in [0.2, 0.25) is 0 Å². The maximum Gasteiger partial charge on any atom is 0.246 e. The lowest BCUT2D eigenvalue weighted by atomic mass is 9.98. The second kappa shape index (κ2) is 11.5. The number of hydrogen-bond donors (Lipinski definition) is 1. The number of nitrogens with one attached hydrogen (secondary N) is 1. The van der Waals surface area contributed by atoms with Crippen molar-refractivity contribution in [2.45, 2.75) is 51.2 Å². The van der Waals surface area contributed by atoms with E-state index in [1.54, 1.807) is 7.11 Å². The molecule has 1 aliphatic rings. The Morgan fingerprint density at radius 2 is 1.79 bits per heavy atom. The molecule has 0 heterocycles. The Hall–Kier alpha value is -2.53. The molecule has 1 aliphatic carbocycles. The fraction of sp³-hybridized carbons (Fsp3) is 0.458. The second-order valence-corrected chi connectivity index (χ2v) is 7.44. The van der Waals surface area contributed by atoms with Crippen molar-refractivity contribution >= 4 is 5.91 Å². The molecule has 0 unspecified atom stereocenters. The highest BCUT2D eigenvalue weighted by molar-refractivity contribution is 5.77. The predicted octanol–water partition coefficient (Wildman–Crippen LogP) is 4.28. The number of carbonyl (C=O) groups is 1. The lowest BCUT2D eigenvalue weighted by molar-refractivity contribution is -0.126. The fourth-order valence-electron chi connectivity index (χ4n) is 3.56. The van der Waals surface area contributed by atoms with Gasteiger partial charge in [0.2, 0.25) is 5.91 Å². The van der Waals surface area contributed by atoms with Crippen LogP contribution in [0.15, 0.2) is 48.5 Å². The molecular weight excluding hydrogens is 366 g/mol. The van der Waals surface area contributed by atoms with Crippen LogP contribution in [0.25, 0.3) is 0 Å². The second-order valence-electron chi connectivity index (χ2n) is 7.44. The van der Waals surface area contributed by atoms with E-state index in [-0.39, 0.29) is 18.6 Å². The van der Waals surface area contributed by atoms with Gasteiger partial charge in [-0.25, -0.2) is 0 Å². The van der Waals surface area contributed by atoms with Gasteiger partial charge in [0.05, 0.1) is 19.8 Å². The molecule has 0 aromatic heterocycles. The molecule has 0 bridgehead atoms. The zero-order chi connectivity index (χ0) is 20.3. The minimum absolute atomic E-state index is 0.0630. The molecule has 1 N–H and O–H groups in total. The van der Waals surface area contributed by atoms with E-state index in [0.717, 1.165) is 41.9 Å². The van der Waals surface area contributed by atoms with Crippen molar-refractivity contribution < 1.29 is 19.0 Å². The summed E-state index contributed by atoms with van der Waals surface area (Å²) < 4.78 is 17.1. The molecule has 29 heavy (non-hydrogen) atoms. The summed E-state index contributed by atoms with van der Waals surface area (Å²) in [6, 6.07) is 15.8. The average molecular weight is 398 g/mol. The highest BCUT2D eigenvalue weighted by atomic mass is 16.5. The molecule has 2 aromatic carbocycles. The Balaban J connectivity index is 1.42. The highest BCUT2D eigenvalue weighted by Gasteiger charge is 2.17. The highest BCUT2D eigenvalue weighted by Crippen LogP contribution is 2.32.